The molecule has 0 aliphatic carbocycles. The summed E-state index contributed by atoms with van der Waals surface area (Å²) in [4.78, 5) is 0. The van der Waals surface area contributed by atoms with Crippen LogP contribution in [0.15, 0.2) is 0 Å². The molecule has 0 saturated carbocycles. The smallest absolute Gasteiger partial charge is 0.0275 e. The van der Waals surface area contributed by atoms with E-state index in [1.165, 1.54) is 19.3 Å². The largest absolute Gasteiger partial charge is 0.329 e. The molecule has 0 aromatic heterocycles. The first-order valence-corrected chi connectivity index (χ1v) is 3.72. The van der Waals surface area contributed by atoms with Gasteiger partial charge in [0.25, 0.3) is 0 Å². The fraction of sp³-hybridized carbons (Fsp3) is 1.00. The average molecular weight is 128 g/mol. The SMILES string of the molecule is C[C@@]1(CN)CCCCN1. The zero-order valence-electron chi connectivity index (χ0n) is 6.11. The van der Waals surface area contributed by atoms with Gasteiger partial charge in [0.05, 0.1) is 0 Å². The Balaban J connectivity index is 2.37. The number of piperidine rings is 1. The Kier molecular flexibility index (Phi) is 2.09. The van der Waals surface area contributed by atoms with Crippen LogP contribution in [-0.2, 0) is 0 Å². The molecule has 2 nitrogen and oxygen atoms in total. The fourth-order valence-corrected chi connectivity index (χ4v) is 1.29. The van der Waals surface area contributed by atoms with Crippen LogP contribution >= 0.6 is 0 Å². The van der Waals surface area contributed by atoms with E-state index >= 15 is 0 Å². The van der Waals surface area contributed by atoms with Crippen LogP contribution in [0.3, 0.4) is 0 Å². The Morgan fingerprint density at radius 2 is 2.33 bits per heavy atom. The van der Waals surface area contributed by atoms with Gasteiger partial charge < -0.3 is 11.1 Å². The lowest BCUT2D eigenvalue weighted by Crippen LogP contribution is -2.51. The summed E-state index contributed by atoms with van der Waals surface area (Å²) in [7, 11) is 0. The minimum Gasteiger partial charge on any atom is -0.329 e. The average Bonchev–Trinajstić information content (AvgIpc) is 1.90. The molecule has 1 atom stereocenters. The molecule has 54 valence electrons. The molecule has 3 N–H and O–H groups in total. The Bertz CT molecular complexity index is 84.9. The van der Waals surface area contributed by atoms with Crippen molar-refractivity contribution in [1.29, 1.82) is 0 Å². The summed E-state index contributed by atoms with van der Waals surface area (Å²) in [6.07, 6.45) is 3.89. The van der Waals surface area contributed by atoms with Crippen molar-refractivity contribution in [2.75, 3.05) is 13.1 Å². The van der Waals surface area contributed by atoms with Crippen molar-refractivity contribution in [3.8, 4) is 0 Å². The monoisotopic (exact) mass is 128 g/mol. The number of hydrogen-bond donors (Lipinski definition) is 2. The second-order valence-corrected chi connectivity index (χ2v) is 3.15. The number of hydrogen-bond acceptors (Lipinski definition) is 2. The molecule has 0 unspecified atom stereocenters. The molecule has 2 heteroatoms. The molecule has 0 spiro atoms. The Labute approximate surface area is 56.8 Å². The number of rotatable bonds is 1. The second-order valence-electron chi connectivity index (χ2n) is 3.15. The molecule has 1 aliphatic rings. The third-order valence-corrected chi connectivity index (χ3v) is 2.16. The standard InChI is InChI=1S/C7H16N2/c1-7(6-8)4-2-3-5-9-7/h9H,2-6,8H2,1H3/t7-/m0/s1. The Morgan fingerprint density at radius 3 is 2.67 bits per heavy atom. The first kappa shape index (κ1) is 7.03. The van der Waals surface area contributed by atoms with Crippen LogP contribution in [0.4, 0.5) is 0 Å². The van der Waals surface area contributed by atoms with Gasteiger partial charge in [0.1, 0.15) is 0 Å². The lowest BCUT2D eigenvalue weighted by Gasteiger charge is -2.33. The zero-order chi connectivity index (χ0) is 6.74. The zero-order valence-corrected chi connectivity index (χ0v) is 6.11. The molecular formula is C7H16N2. The maximum absolute atomic E-state index is 5.58. The molecule has 1 rings (SSSR count). The molecule has 1 aliphatic heterocycles. The third-order valence-electron chi connectivity index (χ3n) is 2.16. The van der Waals surface area contributed by atoms with Gasteiger partial charge in [-0.1, -0.05) is 6.42 Å². The molecular weight excluding hydrogens is 112 g/mol. The molecule has 9 heavy (non-hydrogen) atoms. The minimum atomic E-state index is 0.248. The highest BCUT2D eigenvalue weighted by Crippen LogP contribution is 2.16. The normalized spacial score (nSPS) is 36.7. The topological polar surface area (TPSA) is 38.0 Å². The van der Waals surface area contributed by atoms with Crippen LogP contribution in [0.5, 0.6) is 0 Å². The van der Waals surface area contributed by atoms with Crippen molar-refractivity contribution in [3.63, 3.8) is 0 Å². The van der Waals surface area contributed by atoms with E-state index in [2.05, 4.69) is 12.2 Å². The van der Waals surface area contributed by atoms with Gasteiger partial charge >= 0.3 is 0 Å². The van der Waals surface area contributed by atoms with Gasteiger partial charge in [-0.2, -0.15) is 0 Å². The summed E-state index contributed by atoms with van der Waals surface area (Å²) >= 11 is 0. The van der Waals surface area contributed by atoms with Crippen LogP contribution in [0, 0.1) is 0 Å². The molecule has 0 aromatic carbocycles. The van der Waals surface area contributed by atoms with E-state index in [9.17, 15) is 0 Å². The van der Waals surface area contributed by atoms with E-state index in [1.54, 1.807) is 0 Å². The maximum Gasteiger partial charge on any atom is 0.0275 e. The molecule has 1 heterocycles. The van der Waals surface area contributed by atoms with Gasteiger partial charge in [-0.05, 0) is 26.3 Å². The highest BCUT2D eigenvalue weighted by molar-refractivity contribution is 4.86. The predicted octanol–water partition coefficient (Wildman–Crippen LogP) is 0.477. The number of nitrogens with two attached hydrogens (primary N) is 1. The van der Waals surface area contributed by atoms with E-state index in [0.717, 1.165) is 13.1 Å². The van der Waals surface area contributed by atoms with E-state index in [1.807, 2.05) is 0 Å². The number of nitrogens with one attached hydrogen (secondary N) is 1. The highest BCUT2D eigenvalue weighted by atomic mass is 15.0. The first-order valence-electron chi connectivity index (χ1n) is 3.72. The van der Waals surface area contributed by atoms with Gasteiger partial charge in [-0.15, -0.1) is 0 Å². The van der Waals surface area contributed by atoms with Crippen LogP contribution in [0.2, 0.25) is 0 Å². The van der Waals surface area contributed by atoms with Crippen molar-refractivity contribution in [1.82, 2.24) is 5.32 Å². The van der Waals surface area contributed by atoms with Gasteiger partial charge in [-0.3, -0.25) is 0 Å². The van der Waals surface area contributed by atoms with Gasteiger partial charge in [0.2, 0.25) is 0 Å². The van der Waals surface area contributed by atoms with Crippen molar-refractivity contribution in [3.05, 3.63) is 0 Å². The second kappa shape index (κ2) is 2.67. The van der Waals surface area contributed by atoms with Crippen LogP contribution in [0.25, 0.3) is 0 Å². The van der Waals surface area contributed by atoms with Gasteiger partial charge in [-0.25, -0.2) is 0 Å². The highest BCUT2D eigenvalue weighted by Gasteiger charge is 2.23. The minimum absolute atomic E-state index is 0.248. The predicted molar refractivity (Wildman–Crippen MR) is 39.3 cm³/mol. The molecule has 1 saturated heterocycles. The summed E-state index contributed by atoms with van der Waals surface area (Å²) in [6.45, 7) is 4.12. The summed E-state index contributed by atoms with van der Waals surface area (Å²) in [5.41, 5.74) is 5.82. The summed E-state index contributed by atoms with van der Waals surface area (Å²) in [6, 6.07) is 0. The third kappa shape index (κ3) is 1.66. The van der Waals surface area contributed by atoms with E-state index in [-0.39, 0.29) is 5.54 Å². The summed E-state index contributed by atoms with van der Waals surface area (Å²) in [5.74, 6) is 0. The van der Waals surface area contributed by atoms with Crippen molar-refractivity contribution < 1.29 is 0 Å². The van der Waals surface area contributed by atoms with Crippen LogP contribution < -0.4 is 11.1 Å². The Morgan fingerprint density at radius 1 is 1.56 bits per heavy atom. The first-order chi connectivity index (χ1) is 4.27. The lowest BCUT2D eigenvalue weighted by molar-refractivity contribution is 0.286. The Hall–Kier alpha value is -0.0800. The molecule has 1 fully saturated rings. The summed E-state index contributed by atoms with van der Waals surface area (Å²) in [5, 5.41) is 3.42. The summed E-state index contributed by atoms with van der Waals surface area (Å²) < 4.78 is 0. The lowest BCUT2D eigenvalue weighted by atomic mass is 9.91. The molecule has 0 bridgehead atoms. The fourth-order valence-electron chi connectivity index (χ4n) is 1.29. The van der Waals surface area contributed by atoms with E-state index < -0.39 is 0 Å². The van der Waals surface area contributed by atoms with Gasteiger partial charge in [0.15, 0.2) is 0 Å². The van der Waals surface area contributed by atoms with Crippen LogP contribution in [-0.4, -0.2) is 18.6 Å². The molecule has 0 aromatic rings. The van der Waals surface area contributed by atoms with Crippen molar-refractivity contribution >= 4 is 0 Å². The van der Waals surface area contributed by atoms with E-state index in [4.69, 9.17) is 5.73 Å². The molecule has 0 amide bonds. The van der Waals surface area contributed by atoms with Gasteiger partial charge in [0, 0.05) is 12.1 Å². The van der Waals surface area contributed by atoms with E-state index in [0.29, 0.717) is 0 Å². The maximum atomic E-state index is 5.58. The van der Waals surface area contributed by atoms with Crippen LogP contribution in [0.1, 0.15) is 26.2 Å². The molecule has 0 radical (unpaired) electrons. The van der Waals surface area contributed by atoms with Crippen molar-refractivity contribution in [2.45, 2.75) is 31.7 Å². The van der Waals surface area contributed by atoms with Crippen molar-refractivity contribution in [2.24, 2.45) is 5.73 Å². The quantitative estimate of drug-likeness (QED) is 0.539.